The molecular formula is C25H32ClN3O3. The molecule has 0 spiro atoms. The van der Waals surface area contributed by atoms with Crippen molar-refractivity contribution in [1.82, 2.24) is 4.98 Å². The Bertz CT molecular complexity index is 966. The number of aromatic nitrogens is 1. The summed E-state index contributed by atoms with van der Waals surface area (Å²) >= 11 is 6.44. The number of piperidine rings is 1. The Balaban J connectivity index is 1.43. The summed E-state index contributed by atoms with van der Waals surface area (Å²) < 4.78 is 5.16. The molecule has 2 fully saturated rings. The van der Waals surface area contributed by atoms with Crippen LogP contribution in [-0.4, -0.2) is 36.6 Å². The van der Waals surface area contributed by atoms with Gasteiger partial charge in [0.2, 0.25) is 5.91 Å². The van der Waals surface area contributed by atoms with Crippen LogP contribution in [0, 0.1) is 11.8 Å². The van der Waals surface area contributed by atoms with Gasteiger partial charge in [-0.2, -0.15) is 0 Å². The number of amides is 1. The van der Waals surface area contributed by atoms with Gasteiger partial charge in [-0.15, -0.1) is 0 Å². The fraction of sp³-hybridized carbons (Fsp3) is 0.560. The van der Waals surface area contributed by atoms with E-state index in [0.29, 0.717) is 29.7 Å². The van der Waals surface area contributed by atoms with Gasteiger partial charge in [-0.05, 0) is 56.4 Å². The molecule has 172 valence electrons. The van der Waals surface area contributed by atoms with Crippen LogP contribution in [-0.2, 0) is 14.3 Å². The third-order valence-corrected chi connectivity index (χ3v) is 7.08. The van der Waals surface area contributed by atoms with E-state index in [9.17, 15) is 9.59 Å². The highest BCUT2D eigenvalue weighted by molar-refractivity contribution is 6.35. The van der Waals surface area contributed by atoms with E-state index < -0.39 is 0 Å². The summed E-state index contributed by atoms with van der Waals surface area (Å²) in [4.78, 5) is 31.6. The van der Waals surface area contributed by atoms with Gasteiger partial charge in [-0.25, -0.2) is 4.98 Å². The van der Waals surface area contributed by atoms with Crippen molar-refractivity contribution in [2.75, 3.05) is 29.9 Å². The number of hydrogen-bond acceptors (Lipinski definition) is 5. The average Bonchev–Trinajstić information content (AvgIpc) is 3.33. The number of esters is 1. The zero-order valence-electron chi connectivity index (χ0n) is 18.7. The van der Waals surface area contributed by atoms with Gasteiger partial charge in [0.1, 0.15) is 5.82 Å². The molecule has 6 nitrogen and oxygen atoms in total. The Labute approximate surface area is 194 Å². The maximum atomic E-state index is 12.6. The molecule has 0 bridgehead atoms. The molecule has 0 radical (unpaired) electrons. The summed E-state index contributed by atoms with van der Waals surface area (Å²) in [7, 11) is 0. The maximum Gasteiger partial charge on any atom is 0.309 e. The van der Waals surface area contributed by atoms with E-state index in [4.69, 9.17) is 21.3 Å². The smallest absolute Gasteiger partial charge is 0.309 e. The molecule has 0 unspecified atom stereocenters. The van der Waals surface area contributed by atoms with Crippen molar-refractivity contribution < 1.29 is 14.3 Å². The number of nitrogens with zero attached hydrogens (tertiary/aromatic N) is 2. The zero-order chi connectivity index (χ0) is 22.5. The number of halogens is 1. The number of carbonyl (C=O) groups is 2. The average molecular weight is 458 g/mol. The number of pyridine rings is 1. The van der Waals surface area contributed by atoms with E-state index in [1.807, 2.05) is 25.1 Å². The van der Waals surface area contributed by atoms with Gasteiger partial charge < -0.3 is 15.0 Å². The summed E-state index contributed by atoms with van der Waals surface area (Å²) in [6, 6.07) is 7.63. The van der Waals surface area contributed by atoms with Gasteiger partial charge >= 0.3 is 5.97 Å². The standard InChI is InChI=1S/C25H32ClN3O3/c1-2-32-25(31)18-13-15-29(16-14-18)22-11-8-19-21(27-22)10-9-20(26)24(19)28-23(30)12-7-17-5-3-4-6-17/h8-11,17-18H,2-7,12-16H2,1H3,(H,28,30). The van der Waals surface area contributed by atoms with E-state index >= 15 is 0 Å². The van der Waals surface area contributed by atoms with Crippen LogP contribution in [0.2, 0.25) is 5.02 Å². The minimum Gasteiger partial charge on any atom is -0.466 e. The molecule has 1 aliphatic heterocycles. The summed E-state index contributed by atoms with van der Waals surface area (Å²) in [5.74, 6) is 1.44. The summed E-state index contributed by atoms with van der Waals surface area (Å²) in [5.41, 5.74) is 1.44. The van der Waals surface area contributed by atoms with Crippen LogP contribution in [0.15, 0.2) is 24.3 Å². The van der Waals surface area contributed by atoms with Crippen LogP contribution in [0.4, 0.5) is 11.5 Å². The fourth-order valence-electron chi connectivity index (χ4n) is 4.91. The number of nitrogens with one attached hydrogen (secondary N) is 1. The van der Waals surface area contributed by atoms with Crippen molar-refractivity contribution in [3.05, 3.63) is 29.3 Å². The van der Waals surface area contributed by atoms with Gasteiger partial charge in [0, 0.05) is 24.9 Å². The molecule has 0 atom stereocenters. The highest BCUT2D eigenvalue weighted by atomic mass is 35.5. The van der Waals surface area contributed by atoms with E-state index in [2.05, 4.69) is 10.2 Å². The molecule has 1 saturated carbocycles. The highest BCUT2D eigenvalue weighted by Gasteiger charge is 2.26. The predicted molar refractivity (Wildman–Crippen MR) is 128 cm³/mol. The molecule has 2 aromatic rings. The lowest BCUT2D eigenvalue weighted by Gasteiger charge is -2.31. The Kier molecular flexibility index (Phi) is 7.51. The van der Waals surface area contributed by atoms with Gasteiger partial charge in [0.05, 0.1) is 28.8 Å². The Morgan fingerprint density at radius 2 is 1.88 bits per heavy atom. The first-order chi connectivity index (χ1) is 15.5. The molecular weight excluding hydrogens is 426 g/mol. The summed E-state index contributed by atoms with van der Waals surface area (Å²) in [5, 5.41) is 4.40. The number of anilines is 2. The van der Waals surface area contributed by atoms with Crippen molar-refractivity contribution >= 4 is 45.9 Å². The SMILES string of the molecule is CCOC(=O)C1CCN(c2ccc3c(NC(=O)CCC4CCCC4)c(Cl)ccc3n2)CC1. The minimum absolute atomic E-state index is 0.0106. The van der Waals surface area contributed by atoms with Gasteiger partial charge in [0.25, 0.3) is 0 Å². The molecule has 1 N–H and O–H groups in total. The van der Waals surface area contributed by atoms with Crippen molar-refractivity contribution in [3.63, 3.8) is 0 Å². The maximum absolute atomic E-state index is 12.6. The normalized spacial score (nSPS) is 17.6. The van der Waals surface area contributed by atoms with Crippen LogP contribution < -0.4 is 10.2 Å². The number of ether oxygens (including phenoxy) is 1. The zero-order valence-corrected chi connectivity index (χ0v) is 19.5. The van der Waals surface area contributed by atoms with Crippen LogP contribution in [0.25, 0.3) is 10.9 Å². The molecule has 7 heteroatoms. The molecule has 2 aliphatic rings. The molecule has 2 heterocycles. The first kappa shape index (κ1) is 22.8. The van der Waals surface area contributed by atoms with Crippen molar-refractivity contribution in [1.29, 1.82) is 0 Å². The molecule has 1 amide bonds. The van der Waals surface area contributed by atoms with E-state index in [-0.39, 0.29) is 17.8 Å². The second-order valence-electron chi connectivity index (χ2n) is 8.91. The fourth-order valence-corrected chi connectivity index (χ4v) is 5.12. The number of hydrogen-bond donors (Lipinski definition) is 1. The molecule has 1 aliphatic carbocycles. The molecule has 1 saturated heterocycles. The van der Waals surface area contributed by atoms with Crippen LogP contribution >= 0.6 is 11.6 Å². The Morgan fingerprint density at radius 3 is 2.59 bits per heavy atom. The second kappa shape index (κ2) is 10.5. The summed E-state index contributed by atoms with van der Waals surface area (Å²) in [6.07, 6.45) is 8.06. The Morgan fingerprint density at radius 1 is 1.12 bits per heavy atom. The highest BCUT2D eigenvalue weighted by Crippen LogP contribution is 2.33. The third-order valence-electron chi connectivity index (χ3n) is 6.76. The lowest BCUT2D eigenvalue weighted by molar-refractivity contribution is -0.148. The van der Waals surface area contributed by atoms with Gasteiger partial charge in [-0.3, -0.25) is 9.59 Å². The summed E-state index contributed by atoms with van der Waals surface area (Å²) in [6.45, 7) is 3.79. The van der Waals surface area contributed by atoms with E-state index in [0.717, 1.165) is 49.1 Å². The minimum atomic E-state index is -0.0958. The number of benzene rings is 1. The molecule has 4 rings (SSSR count). The second-order valence-corrected chi connectivity index (χ2v) is 9.32. The van der Waals surface area contributed by atoms with Gasteiger partial charge in [-0.1, -0.05) is 37.3 Å². The van der Waals surface area contributed by atoms with Gasteiger partial charge in [0.15, 0.2) is 0 Å². The van der Waals surface area contributed by atoms with E-state index in [1.165, 1.54) is 25.7 Å². The van der Waals surface area contributed by atoms with Crippen LogP contribution in [0.3, 0.4) is 0 Å². The number of rotatable bonds is 7. The van der Waals surface area contributed by atoms with Crippen LogP contribution in [0.5, 0.6) is 0 Å². The molecule has 32 heavy (non-hydrogen) atoms. The largest absolute Gasteiger partial charge is 0.466 e. The van der Waals surface area contributed by atoms with Crippen molar-refractivity contribution in [2.45, 2.75) is 58.3 Å². The monoisotopic (exact) mass is 457 g/mol. The lowest BCUT2D eigenvalue weighted by atomic mass is 9.97. The van der Waals surface area contributed by atoms with Crippen LogP contribution in [0.1, 0.15) is 58.3 Å². The quantitative estimate of drug-likeness (QED) is 0.550. The number of carbonyl (C=O) groups excluding carboxylic acids is 2. The van der Waals surface area contributed by atoms with Crippen molar-refractivity contribution in [3.8, 4) is 0 Å². The lowest BCUT2D eigenvalue weighted by Crippen LogP contribution is -2.37. The first-order valence-corrected chi connectivity index (χ1v) is 12.2. The Hall–Kier alpha value is -2.34. The molecule has 1 aromatic heterocycles. The number of fused-ring (bicyclic) bond motifs is 1. The topological polar surface area (TPSA) is 71.5 Å². The predicted octanol–water partition coefficient (Wildman–Crippen LogP) is 5.58. The third kappa shape index (κ3) is 5.34. The van der Waals surface area contributed by atoms with E-state index in [1.54, 1.807) is 6.07 Å². The van der Waals surface area contributed by atoms with Crippen molar-refractivity contribution in [2.24, 2.45) is 11.8 Å². The first-order valence-electron chi connectivity index (χ1n) is 11.9. The molecule has 1 aromatic carbocycles.